The summed E-state index contributed by atoms with van der Waals surface area (Å²) in [5.41, 5.74) is 0.558. The summed E-state index contributed by atoms with van der Waals surface area (Å²) >= 11 is 0. The summed E-state index contributed by atoms with van der Waals surface area (Å²) in [4.78, 5) is 2.49. The molecule has 11 heavy (non-hydrogen) atoms. The number of likely N-dealkylation sites (tertiary alicyclic amines) is 1. The van der Waals surface area contributed by atoms with Gasteiger partial charge in [-0.15, -0.1) is 0 Å². The largest absolute Gasteiger partial charge is 0.303 e. The van der Waals surface area contributed by atoms with Crippen LogP contribution in [0.25, 0.3) is 0 Å². The first-order valence-electron chi connectivity index (χ1n) is 4.70. The molecule has 1 saturated carbocycles. The van der Waals surface area contributed by atoms with E-state index in [1.165, 1.54) is 13.0 Å². The van der Waals surface area contributed by atoms with Crippen molar-refractivity contribution in [1.29, 1.82) is 0 Å². The number of nitrogens with zero attached hydrogens (tertiary/aromatic N) is 1. The molecule has 2 aliphatic rings. The van der Waals surface area contributed by atoms with E-state index < -0.39 is 0 Å². The Labute approximate surface area is 69.8 Å². The fourth-order valence-electron chi connectivity index (χ4n) is 2.76. The van der Waals surface area contributed by atoms with Crippen LogP contribution in [-0.4, -0.2) is 24.5 Å². The molecule has 3 atom stereocenters. The van der Waals surface area contributed by atoms with Gasteiger partial charge in [0.1, 0.15) is 0 Å². The van der Waals surface area contributed by atoms with Gasteiger partial charge in [0.15, 0.2) is 0 Å². The van der Waals surface area contributed by atoms with Crippen LogP contribution in [0, 0.1) is 17.3 Å². The molecule has 64 valence electrons. The molecule has 2 rings (SSSR count). The Balaban J connectivity index is 1.95. The summed E-state index contributed by atoms with van der Waals surface area (Å²) in [6.45, 7) is 8.50. The van der Waals surface area contributed by atoms with Gasteiger partial charge in [-0.05, 0) is 30.7 Å². The maximum absolute atomic E-state index is 2.49. The number of fused-ring (bicyclic) bond motifs is 1. The van der Waals surface area contributed by atoms with E-state index in [2.05, 4.69) is 32.7 Å². The Hall–Kier alpha value is -0.0400. The molecule has 0 N–H and O–H groups in total. The van der Waals surface area contributed by atoms with Crippen LogP contribution in [0.2, 0.25) is 0 Å². The second kappa shape index (κ2) is 2.01. The summed E-state index contributed by atoms with van der Waals surface area (Å²) in [7, 11) is 2.25. The topological polar surface area (TPSA) is 3.24 Å². The molecule has 3 unspecified atom stereocenters. The van der Waals surface area contributed by atoms with Crippen molar-refractivity contribution in [3.8, 4) is 0 Å². The second-order valence-corrected chi connectivity index (χ2v) is 5.38. The van der Waals surface area contributed by atoms with Crippen molar-refractivity contribution in [2.45, 2.75) is 33.2 Å². The molecule has 0 aromatic rings. The third kappa shape index (κ3) is 0.936. The van der Waals surface area contributed by atoms with E-state index in [4.69, 9.17) is 0 Å². The van der Waals surface area contributed by atoms with E-state index in [9.17, 15) is 0 Å². The smallest absolute Gasteiger partial charge is 0.0139 e. The molecule has 1 heteroatoms. The van der Waals surface area contributed by atoms with Gasteiger partial charge in [0.2, 0.25) is 0 Å². The average Bonchev–Trinajstić information content (AvgIpc) is 1.79. The minimum atomic E-state index is 0.558. The van der Waals surface area contributed by atoms with Gasteiger partial charge in [-0.2, -0.15) is 0 Å². The van der Waals surface area contributed by atoms with Crippen molar-refractivity contribution < 1.29 is 0 Å². The predicted octanol–water partition coefficient (Wildman–Crippen LogP) is 1.98. The summed E-state index contributed by atoms with van der Waals surface area (Å²) < 4.78 is 0. The lowest BCUT2D eigenvalue weighted by Crippen LogP contribution is -2.67. The highest BCUT2D eigenvalue weighted by molar-refractivity contribution is 5.06. The zero-order valence-corrected chi connectivity index (χ0v) is 8.09. The molecule has 0 aromatic carbocycles. The first kappa shape index (κ1) is 7.60. The van der Waals surface area contributed by atoms with Crippen molar-refractivity contribution in [3.05, 3.63) is 0 Å². The zero-order chi connectivity index (χ0) is 8.22. The van der Waals surface area contributed by atoms with E-state index in [-0.39, 0.29) is 0 Å². The van der Waals surface area contributed by atoms with Crippen LogP contribution in [0.1, 0.15) is 27.2 Å². The fourth-order valence-corrected chi connectivity index (χ4v) is 2.76. The minimum Gasteiger partial charge on any atom is -0.303 e. The lowest BCUT2D eigenvalue weighted by Gasteiger charge is -2.63. The minimum absolute atomic E-state index is 0.558. The van der Waals surface area contributed by atoms with Gasteiger partial charge in [-0.1, -0.05) is 20.8 Å². The lowest BCUT2D eigenvalue weighted by molar-refractivity contribution is -0.131. The molecule has 1 aliphatic heterocycles. The molecule has 1 aliphatic carbocycles. The molecular weight excluding hydrogens is 134 g/mol. The summed E-state index contributed by atoms with van der Waals surface area (Å²) in [5, 5.41) is 0. The molecule has 2 fully saturated rings. The van der Waals surface area contributed by atoms with Gasteiger partial charge in [0.05, 0.1) is 0 Å². The highest BCUT2D eigenvalue weighted by Crippen LogP contribution is 2.53. The molecule has 1 nitrogen and oxygen atoms in total. The SMILES string of the molecule is CN1CC2C1CC2C(C)(C)C. The van der Waals surface area contributed by atoms with Crippen LogP contribution in [0.4, 0.5) is 0 Å². The first-order valence-corrected chi connectivity index (χ1v) is 4.70. The molecule has 0 bridgehead atoms. The highest BCUT2D eigenvalue weighted by Gasteiger charge is 2.54. The third-order valence-corrected chi connectivity index (χ3v) is 3.68. The maximum Gasteiger partial charge on any atom is 0.0139 e. The molecule has 0 spiro atoms. The van der Waals surface area contributed by atoms with Crippen LogP contribution >= 0.6 is 0 Å². The Morgan fingerprint density at radius 2 is 1.91 bits per heavy atom. The summed E-state index contributed by atoms with van der Waals surface area (Å²) in [5.74, 6) is 2.05. The Morgan fingerprint density at radius 3 is 2.18 bits per heavy atom. The van der Waals surface area contributed by atoms with E-state index >= 15 is 0 Å². The molecule has 1 heterocycles. The van der Waals surface area contributed by atoms with E-state index in [0.717, 1.165) is 17.9 Å². The van der Waals surface area contributed by atoms with Crippen molar-refractivity contribution in [3.63, 3.8) is 0 Å². The molecular formula is C10H19N. The Kier molecular flexibility index (Phi) is 1.39. The third-order valence-electron chi connectivity index (χ3n) is 3.68. The normalized spacial score (nSPS) is 44.2. The van der Waals surface area contributed by atoms with Gasteiger partial charge < -0.3 is 4.90 Å². The van der Waals surface area contributed by atoms with Gasteiger partial charge in [-0.3, -0.25) is 0 Å². The monoisotopic (exact) mass is 153 g/mol. The number of hydrogen-bond donors (Lipinski definition) is 0. The molecule has 1 saturated heterocycles. The standard InChI is InChI=1S/C10H19N/c1-10(2,3)8-5-9-7(8)6-11(9)4/h7-9H,5-6H2,1-4H3. The number of piperidine rings is 1. The van der Waals surface area contributed by atoms with Crippen LogP contribution in [-0.2, 0) is 0 Å². The van der Waals surface area contributed by atoms with Gasteiger partial charge in [0, 0.05) is 12.6 Å². The average molecular weight is 153 g/mol. The molecule has 0 radical (unpaired) electrons. The van der Waals surface area contributed by atoms with E-state index in [0.29, 0.717) is 5.41 Å². The molecule has 0 amide bonds. The fraction of sp³-hybridized carbons (Fsp3) is 1.00. The second-order valence-electron chi connectivity index (χ2n) is 5.38. The van der Waals surface area contributed by atoms with Gasteiger partial charge in [-0.25, -0.2) is 0 Å². The maximum atomic E-state index is 2.49. The van der Waals surface area contributed by atoms with Gasteiger partial charge >= 0.3 is 0 Å². The van der Waals surface area contributed by atoms with Gasteiger partial charge in [0.25, 0.3) is 0 Å². The van der Waals surface area contributed by atoms with Crippen molar-refractivity contribution in [2.24, 2.45) is 17.3 Å². The molecule has 0 aromatic heterocycles. The number of hydrogen-bond acceptors (Lipinski definition) is 1. The quantitative estimate of drug-likeness (QED) is 0.514. The number of rotatable bonds is 0. The van der Waals surface area contributed by atoms with Crippen molar-refractivity contribution in [2.75, 3.05) is 13.6 Å². The van der Waals surface area contributed by atoms with Crippen molar-refractivity contribution in [1.82, 2.24) is 4.90 Å². The van der Waals surface area contributed by atoms with E-state index in [1.54, 1.807) is 0 Å². The van der Waals surface area contributed by atoms with E-state index in [1.807, 2.05) is 0 Å². The van der Waals surface area contributed by atoms with Crippen LogP contribution in [0.15, 0.2) is 0 Å². The highest BCUT2D eigenvalue weighted by atomic mass is 15.2. The first-order chi connectivity index (χ1) is 5.00. The zero-order valence-electron chi connectivity index (χ0n) is 8.09. The van der Waals surface area contributed by atoms with Crippen LogP contribution < -0.4 is 0 Å². The summed E-state index contributed by atoms with van der Waals surface area (Å²) in [6.07, 6.45) is 1.45. The Morgan fingerprint density at radius 1 is 1.27 bits per heavy atom. The summed E-state index contributed by atoms with van der Waals surface area (Å²) in [6, 6.07) is 0.958. The Bertz CT molecular complexity index is 168. The van der Waals surface area contributed by atoms with Crippen LogP contribution in [0.5, 0.6) is 0 Å². The lowest BCUT2D eigenvalue weighted by atomic mass is 9.54. The van der Waals surface area contributed by atoms with Crippen molar-refractivity contribution >= 4 is 0 Å². The van der Waals surface area contributed by atoms with Crippen LogP contribution in [0.3, 0.4) is 0 Å². The predicted molar refractivity (Wildman–Crippen MR) is 47.5 cm³/mol.